The summed E-state index contributed by atoms with van der Waals surface area (Å²) in [6.07, 6.45) is 0. The van der Waals surface area contributed by atoms with Crippen molar-refractivity contribution < 1.29 is 19.4 Å². The lowest BCUT2D eigenvalue weighted by molar-refractivity contribution is -0.127. The number of primary amides is 1. The average molecular weight is 264 g/mol. The quantitative estimate of drug-likeness (QED) is 0.788. The number of aryl methyl sites for hydroxylation is 1. The molecule has 1 atom stereocenters. The van der Waals surface area contributed by atoms with E-state index in [1.54, 1.807) is 13.0 Å². The first kappa shape index (κ1) is 13.4. The Labute approximate surface area is 110 Å². The van der Waals surface area contributed by atoms with Crippen LogP contribution in [0, 0.1) is 6.92 Å². The number of ether oxygens (including phenoxy) is 1. The maximum absolute atomic E-state index is 12.4. The van der Waals surface area contributed by atoms with Crippen LogP contribution in [-0.4, -0.2) is 47.6 Å². The molecule has 1 saturated heterocycles. The van der Waals surface area contributed by atoms with Gasteiger partial charge in [-0.05, 0) is 30.7 Å². The topological polar surface area (TPSA) is 92.9 Å². The van der Waals surface area contributed by atoms with Crippen molar-refractivity contribution in [1.29, 1.82) is 0 Å². The lowest BCUT2D eigenvalue weighted by Gasteiger charge is -2.33. The highest BCUT2D eigenvalue weighted by molar-refractivity contribution is 5.97. The summed E-state index contributed by atoms with van der Waals surface area (Å²) in [5.41, 5.74) is 6.30. The molecule has 0 bridgehead atoms. The van der Waals surface area contributed by atoms with Crippen LogP contribution in [0.5, 0.6) is 5.75 Å². The molecule has 0 aliphatic carbocycles. The predicted octanol–water partition coefficient (Wildman–Crippen LogP) is 0.0269. The highest BCUT2D eigenvalue weighted by atomic mass is 16.5. The fraction of sp³-hybridized carbons (Fsp3) is 0.385. The van der Waals surface area contributed by atoms with Crippen LogP contribution < -0.4 is 5.73 Å². The highest BCUT2D eigenvalue weighted by Crippen LogP contribution is 2.19. The Hall–Kier alpha value is -2.08. The van der Waals surface area contributed by atoms with Crippen LogP contribution in [0.4, 0.5) is 0 Å². The molecule has 1 aromatic rings. The van der Waals surface area contributed by atoms with Gasteiger partial charge in [-0.15, -0.1) is 0 Å². The first-order valence-electron chi connectivity index (χ1n) is 5.98. The molecule has 2 rings (SSSR count). The van der Waals surface area contributed by atoms with E-state index >= 15 is 0 Å². The number of nitrogens with two attached hydrogens (primary N) is 1. The summed E-state index contributed by atoms with van der Waals surface area (Å²) in [6.45, 7) is 2.54. The van der Waals surface area contributed by atoms with Gasteiger partial charge in [-0.3, -0.25) is 9.59 Å². The van der Waals surface area contributed by atoms with E-state index in [0.29, 0.717) is 24.3 Å². The van der Waals surface area contributed by atoms with Crippen LogP contribution in [0.3, 0.4) is 0 Å². The van der Waals surface area contributed by atoms with Crippen LogP contribution in [0.2, 0.25) is 0 Å². The van der Waals surface area contributed by atoms with E-state index in [1.165, 1.54) is 17.0 Å². The van der Waals surface area contributed by atoms with Crippen LogP contribution in [0.25, 0.3) is 0 Å². The molecule has 1 aromatic carbocycles. The molecule has 0 aromatic heterocycles. The van der Waals surface area contributed by atoms with Gasteiger partial charge in [-0.1, -0.05) is 0 Å². The Kier molecular flexibility index (Phi) is 3.71. The first-order chi connectivity index (χ1) is 9.00. The Morgan fingerprint density at radius 2 is 2.21 bits per heavy atom. The average Bonchev–Trinajstić information content (AvgIpc) is 2.41. The zero-order valence-electron chi connectivity index (χ0n) is 10.6. The minimum atomic E-state index is -0.740. The molecule has 1 unspecified atom stereocenters. The van der Waals surface area contributed by atoms with Crippen molar-refractivity contribution in [2.24, 2.45) is 5.73 Å². The fourth-order valence-corrected chi connectivity index (χ4v) is 2.04. The Balaban J connectivity index is 2.26. The molecular weight excluding hydrogens is 248 g/mol. The van der Waals surface area contributed by atoms with Gasteiger partial charge in [-0.25, -0.2) is 0 Å². The van der Waals surface area contributed by atoms with E-state index in [2.05, 4.69) is 0 Å². The predicted molar refractivity (Wildman–Crippen MR) is 67.7 cm³/mol. The maximum atomic E-state index is 12.4. The molecule has 19 heavy (non-hydrogen) atoms. The van der Waals surface area contributed by atoms with Crippen molar-refractivity contribution in [1.82, 2.24) is 4.90 Å². The van der Waals surface area contributed by atoms with Gasteiger partial charge < -0.3 is 20.5 Å². The molecule has 0 saturated carbocycles. The van der Waals surface area contributed by atoms with Crippen LogP contribution in [-0.2, 0) is 9.53 Å². The molecule has 1 fully saturated rings. The minimum Gasteiger partial charge on any atom is -0.508 e. The SMILES string of the molecule is Cc1cc(C(=O)N2CCOCC2C(N)=O)ccc1O. The lowest BCUT2D eigenvalue weighted by atomic mass is 10.1. The van der Waals surface area contributed by atoms with Crippen LogP contribution >= 0.6 is 0 Å². The standard InChI is InChI=1S/C13H16N2O4/c1-8-6-9(2-3-11(8)16)13(18)15-4-5-19-7-10(15)12(14)17/h2-3,6,10,16H,4-5,7H2,1H3,(H2,14,17). The number of aromatic hydroxyl groups is 1. The van der Waals surface area contributed by atoms with E-state index in [0.717, 1.165) is 0 Å². The summed E-state index contributed by atoms with van der Waals surface area (Å²) >= 11 is 0. The number of benzene rings is 1. The van der Waals surface area contributed by atoms with E-state index in [1.807, 2.05) is 0 Å². The summed E-state index contributed by atoms with van der Waals surface area (Å²) in [5, 5.41) is 9.46. The number of amides is 2. The lowest BCUT2D eigenvalue weighted by Crippen LogP contribution is -2.54. The molecule has 1 aliphatic rings. The van der Waals surface area contributed by atoms with Crippen molar-refractivity contribution in [2.45, 2.75) is 13.0 Å². The molecule has 6 heteroatoms. The van der Waals surface area contributed by atoms with Crippen LogP contribution in [0.15, 0.2) is 18.2 Å². The number of hydrogen-bond acceptors (Lipinski definition) is 4. The van der Waals surface area contributed by atoms with Gasteiger partial charge in [0.2, 0.25) is 5.91 Å². The third kappa shape index (κ3) is 2.68. The number of carbonyl (C=O) groups excluding carboxylic acids is 2. The highest BCUT2D eigenvalue weighted by Gasteiger charge is 2.31. The Bertz CT molecular complexity index is 515. The molecule has 2 amide bonds. The molecular formula is C13H16N2O4. The minimum absolute atomic E-state index is 0.123. The second-order valence-electron chi connectivity index (χ2n) is 4.49. The van der Waals surface area contributed by atoms with Crippen molar-refractivity contribution in [2.75, 3.05) is 19.8 Å². The molecule has 0 radical (unpaired) electrons. The van der Waals surface area contributed by atoms with Gasteiger partial charge in [-0.2, -0.15) is 0 Å². The third-order valence-electron chi connectivity index (χ3n) is 3.16. The molecule has 3 N–H and O–H groups in total. The number of hydrogen-bond donors (Lipinski definition) is 2. The van der Waals surface area contributed by atoms with Gasteiger partial charge in [0, 0.05) is 12.1 Å². The van der Waals surface area contributed by atoms with Crippen molar-refractivity contribution in [3.8, 4) is 5.75 Å². The second-order valence-corrected chi connectivity index (χ2v) is 4.49. The second kappa shape index (κ2) is 5.27. The third-order valence-corrected chi connectivity index (χ3v) is 3.16. The molecule has 1 aliphatic heterocycles. The van der Waals surface area contributed by atoms with Gasteiger partial charge in [0.1, 0.15) is 11.8 Å². The summed E-state index contributed by atoms with van der Waals surface area (Å²) in [7, 11) is 0. The van der Waals surface area contributed by atoms with E-state index in [-0.39, 0.29) is 18.3 Å². The smallest absolute Gasteiger partial charge is 0.254 e. The summed E-state index contributed by atoms with van der Waals surface area (Å²) in [6, 6.07) is 3.83. The zero-order valence-corrected chi connectivity index (χ0v) is 10.6. The van der Waals surface area contributed by atoms with Crippen molar-refractivity contribution in [3.63, 3.8) is 0 Å². The van der Waals surface area contributed by atoms with Crippen molar-refractivity contribution in [3.05, 3.63) is 29.3 Å². The zero-order chi connectivity index (χ0) is 14.0. The van der Waals surface area contributed by atoms with E-state index in [9.17, 15) is 14.7 Å². The number of phenolic OH excluding ortho intramolecular Hbond substituents is 1. The van der Waals surface area contributed by atoms with E-state index in [4.69, 9.17) is 10.5 Å². The number of carbonyl (C=O) groups is 2. The number of nitrogens with zero attached hydrogens (tertiary/aromatic N) is 1. The summed E-state index contributed by atoms with van der Waals surface area (Å²) in [4.78, 5) is 25.1. The molecule has 0 spiro atoms. The van der Waals surface area contributed by atoms with Gasteiger partial charge in [0.25, 0.3) is 5.91 Å². The monoisotopic (exact) mass is 264 g/mol. The maximum Gasteiger partial charge on any atom is 0.254 e. The van der Waals surface area contributed by atoms with Crippen LogP contribution in [0.1, 0.15) is 15.9 Å². The molecule has 102 valence electrons. The summed E-state index contributed by atoms with van der Waals surface area (Å²) < 4.78 is 5.17. The van der Waals surface area contributed by atoms with Gasteiger partial charge in [0.15, 0.2) is 0 Å². The fourth-order valence-electron chi connectivity index (χ4n) is 2.04. The number of phenols is 1. The normalized spacial score (nSPS) is 19.2. The largest absolute Gasteiger partial charge is 0.508 e. The number of rotatable bonds is 2. The first-order valence-corrected chi connectivity index (χ1v) is 5.98. The Morgan fingerprint density at radius 3 is 2.84 bits per heavy atom. The molecule has 6 nitrogen and oxygen atoms in total. The van der Waals surface area contributed by atoms with Gasteiger partial charge >= 0.3 is 0 Å². The number of morpholine rings is 1. The van der Waals surface area contributed by atoms with Gasteiger partial charge in [0.05, 0.1) is 13.2 Å². The summed E-state index contributed by atoms with van der Waals surface area (Å²) in [5.74, 6) is -0.733. The molecule has 1 heterocycles. The van der Waals surface area contributed by atoms with Crippen molar-refractivity contribution >= 4 is 11.8 Å². The Morgan fingerprint density at radius 1 is 1.47 bits per heavy atom. The van der Waals surface area contributed by atoms with E-state index < -0.39 is 11.9 Å².